The van der Waals surface area contributed by atoms with Gasteiger partial charge in [-0.1, -0.05) is 31.0 Å². The molecule has 2 amide bonds. The molecule has 0 radical (unpaired) electrons. The van der Waals surface area contributed by atoms with Crippen LogP contribution in [-0.2, 0) is 6.42 Å². The number of aryl methyl sites for hydroxylation is 1. The summed E-state index contributed by atoms with van der Waals surface area (Å²) < 4.78 is 11.3. The Labute approximate surface area is 222 Å². The zero-order valence-corrected chi connectivity index (χ0v) is 22.1. The Balaban J connectivity index is 1.57. The van der Waals surface area contributed by atoms with Crippen molar-refractivity contribution >= 4 is 23.4 Å². The number of benzene rings is 1. The zero-order chi connectivity index (χ0) is 26.4. The third-order valence-corrected chi connectivity index (χ3v) is 6.71. The second-order valence-corrected chi connectivity index (χ2v) is 9.24. The minimum Gasteiger partial charge on any atom is -0.496 e. The van der Waals surface area contributed by atoms with Gasteiger partial charge in [0.2, 0.25) is 0 Å². The van der Waals surface area contributed by atoms with Gasteiger partial charge in [-0.15, -0.1) is 0 Å². The molecule has 1 aromatic carbocycles. The van der Waals surface area contributed by atoms with E-state index in [0.29, 0.717) is 54.0 Å². The molecule has 0 N–H and O–H groups in total. The number of aromatic nitrogens is 2. The van der Waals surface area contributed by atoms with Gasteiger partial charge in [-0.2, -0.15) is 0 Å². The number of carbonyl (C=O) groups excluding carboxylic acids is 2. The first kappa shape index (κ1) is 26.4. The van der Waals surface area contributed by atoms with Crippen LogP contribution in [0.5, 0.6) is 11.5 Å². The van der Waals surface area contributed by atoms with Crippen LogP contribution in [0.2, 0.25) is 5.02 Å². The van der Waals surface area contributed by atoms with Crippen molar-refractivity contribution in [1.29, 1.82) is 0 Å². The molecule has 3 heterocycles. The monoisotopic (exact) mass is 522 g/mol. The smallest absolute Gasteiger partial charge is 0.272 e. The lowest BCUT2D eigenvalue weighted by Gasteiger charge is -2.34. The molecular formula is C28H31ClN4O4. The van der Waals surface area contributed by atoms with Crippen LogP contribution in [0, 0.1) is 0 Å². The summed E-state index contributed by atoms with van der Waals surface area (Å²) >= 11 is 5.88. The minimum atomic E-state index is -0.170. The Morgan fingerprint density at radius 2 is 1.57 bits per heavy atom. The van der Waals surface area contributed by atoms with Crippen LogP contribution in [0.3, 0.4) is 0 Å². The Hall–Kier alpha value is -3.65. The summed E-state index contributed by atoms with van der Waals surface area (Å²) in [4.78, 5) is 38.6. The van der Waals surface area contributed by atoms with Crippen LogP contribution in [0.1, 0.15) is 46.3 Å². The molecular weight excluding hydrogens is 492 g/mol. The number of methoxy groups -OCH3 is 2. The number of halogens is 1. The van der Waals surface area contributed by atoms with Crippen LogP contribution in [0.4, 0.5) is 0 Å². The molecule has 1 aliphatic heterocycles. The highest BCUT2D eigenvalue weighted by Crippen LogP contribution is 2.40. The number of ether oxygens (including phenoxy) is 2. The molecule has 1 saturated heterocycles. The van der Waals surface area contributed by atoms with Crippen LogP contribution >= 0.6 is 11.6 Å². The van der Waals surface area contributed by atoms with Crippen LogP contribution < -0.4 is 9.47 Å². The summed E-state index contributed by atoms with van der Waals surface area (Å²) in [6, 6.07) is 10.8. The van der Waals surface area contributed by atoms with Crippen molar-refractivity contribution < 1.29 is 19.1 Å². The number of unbranched alkanes of at least 4 members (excludes halogenated alkanes) is 1. The fourth-order valence-corrected chi connectivity index (χ4v) is 4.56. The highest BCUT2D eigenvalue weighted by Gasteiger charge is 2.27. The maximum atomic E-state index is 13.5. The quantitative estimate of drug-likeness (QED) is 0.424. The van der Waals surface area contributed by atoms with E-state index in [2.05, 4.69) is 11.9 Å². The van der Waals surface area contributed by atoms with Crippen molar-refractivity contribution in [3.8, 4) is 22.6 Å². The van der Waals surface area contributed by atoms with Gasteiger partial charge in [-0.05, 0) is 43.2 Å². The number of rotatable bonds is 8. The number of pyridine rings is 2. The number of piperazine rings is 1. The molecule has 0 unspecified atom stereocenters. The summed E-state index contributed by atoms with van der Waals surface area (Å²) in [6.45, 7) is 3.81. The normalized spacial score (nSPS) is 13.4. The van der Waals surface area contributed by atoms with E-state index in [0.717, 1.165) is 36.1 Å². The Kier molecular flexibility index (Phi) is 8.61. The van der Waals surface area contributed by atoms with Gasteiger partial charge in [0.15, 0.2) is 0 Å². The molecule has 194 valence electrons. The van der Waals surface area contributed by atoms with Gasteiger partial charge in [0.05, 0.1) is 30.4 Å². The molecule has 0 spiro atoms. The Morgan fingerprint density at radius 1 is 0.919 bits per heavy atom. The molecule has 2 aromatic heterocycles. The Bertz CT molecular complexity index is 1240. The number of hydrogen-bond acceptors (Lipinski definition) is 6. The molecule has 3 aromatic rings. The summed E-state index contributed by atoms with van der Waals surface area (Å²) in [5.74, 6) is 1.02. The van der Waals surface area contributed by atoms with E-state index < -0.39 is 0 Å². The highest BCUT2D eigenvalue weighted by atomic mass is 35.5. The van der Waals surface area contributed by atoms with Crippen molar-refractivity contribution in [2.45, 2.75) is 26.2 Å². The van der Waals surface area contributed by atoms with Gasteiger partial charge in [0.25, 0.3) is 11.8 Å². The van der Waals surface area contributed by atoms with E-state index in [9.17, 15) is 9.59 Å². The topological polar surface area (TPSA) is 84.9 Å². The molecule has 0 aliphatic carbocycles. The third-order valence-electron chi connectivity index (χ3n) is 6.48. The second kappa shape index (κ2) is 12.1. The van der Waals surface area contributed by atoms with Gasteiger partial charge < -0.3 is 19.3 Å². The van der Waals surface area contributed by atoms with E-state index in [1.807, 2.05) is 24.3 Å². The molecule has 0 atom stereocenters. The summed E-state index contributed by atoms with van der Waals surface area (Å²) in [5, 5.41) is 0.478. The predicted molar refractivity (Wildman–Crippen MR) is 142 cm³/mol. The molecule has 1 fully saturated rings. The standard InChI is InChI=1S/C28H31ClN4O4/c1-4-5-7-22-21(26-24(36-2)8-6-9-25(26)37-3)16-19(17-30-22)27(34)32-12-14-33(15-13-32)28(35)23-11-10-20(29)18-31-23/h6,8-11,16-18H,4-5,7,12-15H2,1-3H3. The average Bonchev–Trinajstić information content (AvgIpc) is 2.95. The lowest BCUT2D eigenvalue weighted by atomic mass is 9.97. The van der Waals surface area contributed by atoms with Crippen molar-refractivity contribution in [2.24, 2.45) is 0 Å². The molecule has 1 aliphatic rings. The lowest BCUT2D eigenvalue weighted by Crippen LogP contribution is -2.50. The van der Waals surface area contributed by atoms with Crippen LogP contribution in [-0.4, -0.2) is 72.0 Å². The number of carbonyl (C=O) groups is 2. The van der Waals surface area contributed by atoms with Crippen molar-refractivity contribution in [3.63, 3.8) is 0 Å². The van der Waals surface area contributed by atoms with Gasteiger partial charge >= 0.3 is 0 Å². The molecule has 0 saturated carbocycles. The second-order valence-electron chi connectivity index (χ2n) is 8.81. The van der Waals surface area contributed by atoms with E-state index in [4.69, 9.17) is 26.1 Å². The van der Waals surface area contributed by atoms with E-state index in [-0.39, 0.29) is 11.8 Å². The largest absolute Gasteiger partial charge is 0.496 e. The number of amides is 2. The maximum absolute atomic E-state index is 13.5. The minimum absolute atomic E-state index is 0.124. The first-order valence-electron chi connectivity index (χ1n) is 12.4. The average molecular weight is 523 g/mol. The fourth-order valence-electron chi connectivity index (χ4n) is 4.45. The van der Waals surface area contributed by atoms with Crippen molar-refractivity contribution in [3.05, 3.63) is 70.8 Å². The first-order chi connectivity index (χ1) is 18.0. The molecule has 37 heavy (non-hydrogen) atoms. The van der Waals surface area contributed by atoms with E-state index >= 15 is 0 Å². The predicted octanol–water partition coefficient (Wildman–Crippen LogP) is 4.76. The highest BCUT2D eigenvalue weighted by molar-refractivity contribution is 6.30. The van der Waals surface area contributed by atoms with Gasteiger partial charge in [-0.25, -0.2) is 4.98 Å². The van der Waals surface area contributed by atoms with E-state index in [1.165, 1.54) is 6.20 Å². The van der Waals surface area contributed by atoms with E-state index in [1.54, 1.807) is 42.3 Å². The molecule has 8 nitrogen and oxygen atoms in total. The summed E-state index contributed by atoms with van der Waals surface area (Å²) in [6.07, 6.45) is 5.89. The SMILES string of the molecule is CCCCc1ncc(C(=O)N2CCN(C(=O)c3ccc(Cl)cn3)CC2)cc1-c1c(OC)cccc1OC. The summed E-state index contributed by atoms with van der Waals surface area (Å²) in [5.41, 5.74) is 3.34. The fraction of sp³-hybridized carbons (Fsp3) is 0.357. The van der Waals surface area contributed by atoms with Crippen molar-refractivity contribution in [1.82, 2.24) is 19.8 Å². The zero-order valence-electron chi connectivity index (χ0n) is 21.4. The third kappa shape index (κ3) is 5.85. The van der Waals surface area contributed by atoms with Gasteiger partial charge in [0, 0.05) is 49.8 Å². The number of hydrogen-bond donors (Lipinski definition) is 0. The first-order valence-corrected chi connectivity index (χ1v) is 12.7. The molecule has 0 bridgehead atoms. The van der Waals surface area contributed by atoms with Crippen LogP contribution in [0.25, 0.3) is 11.1 Å². The van der Waals surface area contributed by atoms with Gasteiger partial charge in [-0.3, -0.25) is 14.6 Å². The van der Waals surface area contributed by atoms with Gasteiger partial charge in [0.1, 0.15) is 17.2 Å². The lowest BCUT2D eigenvalue weighted by molar-refractivity contribution is 0.0532. The van der Waals surface area contributed by atoms with Crippen LogP contribution in [0.15, 0.2) is 48.8 Å². The maximum Gasteiger partial charge on any atom is 0.272 e. The molecule has 9 heteroatoms. The van der Waals surface area contributed by atoms with Crippen molar-refractivity contribution in [2.75, 3.05) is 40.4 Å². The number of nitrogens with zero attached hydrogens (tertiary/aromatic N) is 4. The molecule has 4 rings (SSSR count). The Morgan fingerprint density at radius 3 is 2.14 bits per heavy atom. The summed E-state index contributed by atoms with van der Waals surface area (Å²) in [7, 11) is 3.24.